The fourth-order valence-corrected chi connectivity index (χ4v) is 3.68. The average Bonchev–Trinajstić information content (AvgIpc) is 2.65. The van der Waals surface area contributed by atoms with Gasteiger partial charge in [-0.15, -0.1) is 0 Å². The molecule has 8 nitrogen and oxygen atoms in total. The molecule has 0 spiro atoms. The number of aryl methyl sites for hydroxylation is 2. The van der Waals surface area contributed by atoms with E-state index in [-0.39, 0.29) is 18.0 Å². The third kappa shape index (κ3) is 5.69. The zero-order valence-corrected chi connectivity index (χ0v) is 16.8. The second kappa shape index (κ2) is 8.93. The zero-order valence-electron chi connectivity index (χ0n) is 16.0. The van der Waals surface area contributed by atoms with Crippen LogP contribution in [0.1, 0.15) is 11.4 Å². The molecule has 0 radical (unpaired) electrons. The van der Waals surface area contributed by atoms with Gasteiger partial charge in [0.1, 0.15) is 34.0 Å². The van der Waals surface area contributed by atoms with Crippen LogP contribution < -0.4 is 15.4 Å². The van der Waals surface area contributed by atoms with Crippen LogP contribution >= 0.6 is 0 Å². The van der Waals surface area contributed by atoms with Crippen LogP contribution in [0.15, 0.2) is 53.6 Å². The molecule has 0 bridgehead atoms. The number of sulfonamides is 1. The molecule has 0 amide bonds. The van der Waals surface area contributed by atoms with Gasteiger partial charge in [0.2, 0.25) is 10.0 Å². The summed E-state index contributed by atoms with van der Waals surface area (Å²) in [6, 6.07) is 10.7. The largest absolute Gasteiger partial charge is 0.369 e. The van der Waals surface area contributed by atoms with Crippen molar-refractivity contribution in [3.8, 4) is 0 Å². The molecule has 0 aliphatic heterocycles. The van der Waals surface area contributed by atoms with E-state index in [2.05, 4.69) is 30.3 Å². The number of benzene rings is 1. The van der Waals surface area contributed by atoms with Crippen molar-refractivity contribution in [2.24, 2.45) is 0 Å². The first-order valence-corrected chi connectivity index (χ1v) is 10.4. The first kappa shape index (κ1) is 20.6. The summed E-state index contributed by atoms with van der Waals surface area (Å²) in [5.74, 6) is 1.49. The molecule has 3 rings (SSSR count). The molecule has 0 saturated heterocycles. The number of rotatable bonds is 8. The molecule has 0 aliphatic carbocycles. The van der Waals surface area contributed by atoms with E-state index in [0.717, 1.165) is 11.6 Å². The molecular formula is C19H21FN6O2S. The molecule has 10 heteroatoms. The average molecular weight is 416 g/mol. The molecule has 0 aliphatic rings. The van der Waals surface area contributed by atoms with Gasteiger partial charge in [-0.25, -0.2) is 32.5 Å². The van der Waals surface area contributed by atoms with E-state index >= 15 is 0 Å². The Morgan fingerprint density at radius 1 is 0.966 bits per heavy atom. The molecule has 29 heavy (non-hydrogen) atoms. The molecule has 3 N–H and O–H groups in total. The fourth-order valence-electron chi connectivity index (χ4n) is 2.57. The number of hydrogen-bond acceptors (Lipinski definition) is 7. The predicted octanol–water partition coefficient (Wildman–Crippen LogP) is 2.76. The number of nitrogens with zero attached hydrogens (tertiary/aromatic N) is 3. The summed E-state index contributed by atoms with van der Waals surface area (Å²) in [5.41, 5.74) is 1.06. The number of hydrogen-bond donors (Lipinski definition) is 3. The minimum atomic E-state index is -3.92. The number of pyridine rings is 1. The van der Waals surface area contributed by atoms with Crippen molar-refractivity contribution in [1.82, 2.24) is 19.7 Å². The summed E-state index contributed by atoms with van der Waals surface area (Å²) < 4.78 is 40.4. The second-order valence-corrected chi connectivity index (χ2v) is 8.02. The molecule has 0 saturated carbocycles. The SMILES string of the molecule is Cc1ccnc(Nc2cc(NCCNS(=O)(=O)c3ccccc3F)nc(C)n2)c1. The Labute approximate surface area is 168 Å². The molecule has 0 unspecified atom stereocenters. The number of aromatic nitrogens is 3. The Bertz CT molecular complexity index is 1110. The lowest BCUT2D eigenvalue weighted by molar-refractivity contribution is 0.558. The van der Waals surface area contributed by atoms with Crippen molar-refractivity contribution in [3.63, 3.8) is 0 Å². The van der Waals surface area contributed by atoms with Gasteiger partial charge in [-0.3, -0.25) is 0 Å². The summed E-state index contributed by atoms with van der Waals surface area (Å²) >= 11 is 0. The number of halogens is 1. The Kier molecular flexibility index (Phi) is 6.35. The first-order valence-electron chi connectivity index (χ1n) is 8.87. The van der Waals surface area contributed by atoms with Gasteiger partial charge in [0.15, 0.2) is 0 Å². The van der Waals surface area contributed by atoms with E-state index in [9.17, 15) is 12.8 Å². The van der Waals surface area contributed by atoms with Crippen molar-refractivity contribution < 1.29 is 12.8 Å². The van der Waals surface area contributed by atoms with Crippen molar-refractivity contribution >= 4 is 27.5 Å². The van der Waals surface area contributed by atoms with E-state index < -0.39 is 15.8 Å². The Hall–Kier alpha value is -3.11. The van der Waals surface area contributed by atoms with Crippen LogP contribution in [0.2, 0.25) is 0 Å². The van der Waals surface area contributed by atoms with Crippen molar-refractivity contribution in [2.75, 3.05) is 23.7 Å². The van der Waals surface area contributed by atoms with Gasteiger partial charge in [-0.1, -0.05) is 12.1 Å². The van der Waals surface area contributed by atoms with Crippen LogP contribution in [0.25, 0.3) is 0 Å². The zero-order chi connectivity index (χ0) is 20.9. The lowest BCUT2D eigenvalue weighted by Gasteiger charge is -2.11. The van der Waals surface area contributed by atoms with Gasteiger partial charge < -0.3 is 10.6 Å². The van der Waals surface area contributed by atoms with Crippen LogP contribution in [0.4, 0.5) is 21.8 Å². The quantitative estimate of drug-likeness (QED) is 0.485. The highest BCUT2D eigenvalue weighted by atomic mass is 32.2. The number of anilines is 3. The molecular weight excluding hydrogens is 395 g/mol. The molecule has 152 valence electrons. The van der Waals surface area contributed by atoms with Crippen LogP contribution in [-0.4, -0.2) is 36.5 Å². The second-order valence-electron chi connectivity index (χ2n) is 6.28. The van der Waals surface area contributed by atoms with E-state index in [1.165, 1.54) is 18.2 Å². The fraction of sp³-hybridized carbons (Fsp3) is 0.211. The van der Waals surface area contributed by atoms with Crippen LogP contribution in [-0.2, 0) is 10.0 Å². The van der Waals surface area contributed by atoms with Crippen molar-refractivity contribution in [1.29, 1.82) is 0 Å². The van der Waals surface area contributed by atoms with Gasteiger partial charge in [0, 0.05) is 25.4 Å². The monoisotopic (exact) mass is 416 g/mol. The molecule has 0 atom stereocenters. The van der Waals surface area contributed by atoms with E-state index in [0.29, 0.717) is 23.3 Å². The maximum absolute atomic E-state index is 13.7. The lowest BCUT2D eigenvalue weighted by atomic mass is 10.3. The topological polar surface area (TPSA) is 109 Å². The Balaban J connectivity index is 1.59. The highest BCUT2D eigenvalue weighted by Gasteiger charge is 2.17. The standard InChI is InChI=1S/C19H21FN6O2S/c1-13-7-8-21-17(11-13)26-19-12-18(24-14(2)25-19)22-9-10-23-29(27,28)16-6-4-3-5-15(16)20/h3-8,11-12,23H,9-10H2,1-2H3,(H2,21,22,24,25,26). The third-order valence-corrected chi connectivity index (χ3v) is 5.35. The predicted molar refractivity (Wildman–Crippen MR) is 109 cm³/mol. The maximum atomic E-state index is 13.7. The minimum absolute atomic E-state index is 0.0575. The summed E-state index contributed by atoms with van der Waals surface area (Å²) in [5, 5.41) is 6.14. The lowest BCUT2D eigenvalue weighted by Crippen LogP contribution is -2.29. The molecule has 3 aromatic rings. The molecule has 1 aromatic carbocycles. The van der Waals surface area contributed by atoms with Crippen LogP contribution in [0.5, 0.6) is 0 Å². The molecule has 2 heterocycles. The highest BCUT2D eigenvalue weighted by molar-refractivity contribution is 7.89. The first-order chi connectivity index (χ1) is 13.8. The van der Waals surface area contributed by atoms with Gasteiger partial charge in [-0.05, 0) is 43.7 Å². The Morgan fingerprint density at radius 3 is 2.48 bits per heavy atom. The van der Waals surface area contributed by atoms with Crippen LogP contribution in [0, 0.1) is 19.7 Å². The van der Waals surface area contributed by atoms with Crippen molar-refractivity contribution in [3.05, 3.63) is 65.9 Å². The van der Waals surface area contributed by atoms with E-state index in [1.54, 1.807) is 19.2 Å². The van der Waals surface area contributed by atoms with Gasteiger partial charge in [0.05, 0.1) is 0 Å². The Morgan fingerprint density at radius 2 is 1.72 bits per heavy atom. The van der Waals surface area contributed by atoms with Crippen molar-refractivity contribution in [2.45, 2.75) is 18.7 Å². The maximum Gasteiger partial charge on any atom is 0.243 e. The van der Waals surface area contributed by atoms with Gasteiger partial charge in [0.25, 0.3) is 0 Å². The van der Waals surface area contributed by atoms with Gasteiger partial charge in [-0.2, -0.15) is 0 Å². The highest BCUT2D eigenvalue weighted by Crippen LogP contribution is 2.16. The minimum Gasteiger partial charge on any atom is -0.369 e. The van der Waals surface area contributed by atoms with Crippen LogP contribution in [0.3, 0.4) is 0 Å². The van der Waals surface area contributed by atoms with E-state index in [1.807, 2.05) is 19.1 Å². The third-order valence-electron chi connectivity index (χ3n) is 3.86. The summed E-state index contributed by atoms with van der Waals surface area (Å²) in [4.78, 5) is 12.5. The summed E-state index contributed by atoms with van der Waals surface area (Å²) in [7, 11) is -3.92. The van der Waals surface area contributed by atoms with Gasteiger partial charge >= 0.3 is 0 Å². The summed E-state index contributed by atoms with van der Waals surface area (Å²) in [6.45, 7) is 4.03. The number of nitrogens with one attached hydrogen (secondary N) is 3. The van der Waals surface area contributed by atoms with E-state index in [4.69, 9.17) is 0 Å². The summed E-state index contributed by atoms with van der Waals surface area (Å²) in [6.07, 6.45) is 1.70. The normalized spacial score (nSPS) is 11.3. The molecule has 0 fully saturated rings. The smallest absolute Gasteiger partial charge is 0.243 e. The molecule has 2 aromatic heterocycles.